The van der Waals surface area contributed by atoms with Crippen LogP contribution in [0.25, 0.3) is 0 Å². The normalized spacial score (nSPS) is 16.3. The van der Waals surface area contributed by atoms with Crippen LogP contribution in [0.4, 0.5) is 0 Å². The summed E-state index contributed by atoms with van der Waals surface area (Å²) in [5.74, 6) is -0.336. The van der Waals surface area contributed by atoms with Crippen LogP contribution in [-0.2, 0) is 14.8 Å². The average Bonchev–Trinajstić information content (AvgIpc) is 2.70. The quantitative estimate of drug-likeness (QED) is 0.593. The highest BCUT2D eigenvalue weighted by Gasteiger charge is 2.31. The zero-order valence-corrected chi connectivity index (χ0v) is 16.4. The van der Waals surface area contributed by atoms with Crippen LogP contribution in [-0.4, -0.2) is 43.0 Å². The molecule has 148 valence electrons. The molecule has 2 aromatic carbocycles. The number of nitrogens with one attached hydrogen (secondary N) is 1. The van der Waals surface area contributed by atoms with E-state index in [-0.39, 0.29) is 22.5 Å². The molecule has 2 N–H and O–H groups in total. The molecule has 0 bridgehead atoms. The van der Waals surface area contributed by atoms with Gasteiger partial charge in [-0.25, -0.2) is 13.8 Å². The Hall–Kier alpha value is -2.71. The van der Waals surface area contributed by atoms with Gasteiger partial charge in [-0.05, 0) is 61.7 Å². The summed E-state index contributed by atoms with van der Waals surface area (Å²) in [7, 11) is -3.53. The molecule has 8 heteroatoms. The smallest absolute Gasteiger partial charge is 0.243 e. The highest BCUT2D eigenvalue weighted by atomic mass is 32.2. The van der Waals surface area contributed by atoms with E-state index in [2.05, 4.69) is 10.5 Å². The molecule has 1 fully saturated rings. The number of hydrazone groups is 1. The van der Waals surface area contributed by atoms with Gasteiger partial charge in [-0.2, -0.15) is 9.41 Å². The van der Waals surface area contributed by atoms with E-state index in [0.29, 0.717) is 25.9 Å². The minimum atomic E-state index is -3.53. The van der Waals surface area contributed by atoms with Crippen molar-refractivity contribution in [1.29, 1.82) is 0 Å². The number of carbonyl (C=O) groups excluding carboxylic acids is 1. The molecule has 0 saturated carbocycles. The molecule has 1 amide bonds. The van der Waals surface area contributed by atoms with Crippen molar-refractivity contribution in [2.45, 2.75) is 24.7 Å². The van der Waals surface area contributed by atoms with Crippen molar-refractivity contribution in [2.75, 3.05) is 13.1 Å². The fourth-order valence-electron chi connectivity index (χ4n) is 3.04. The van der Waals surface area contributed by atoms with Crippen LogP contribution in [0.5, 0.6) is 5.75 Å². The van der Waals surface area contributed by atoms with E-state index in [0.717, 1.165) is 11.1 Å². The lowest BCUT2D eigenvalue weighted by molar-refractivity contribution is -0.126. The van der Waals surface area contributed by atoms with Gasteiger partial charge in [0.2, 0.25) is 15.9 Å². The molecule has 1 aliphatic rings. The van der Waals surface area contributed by atoms with Crippen molar-refractivity contribution in [2.24, 2.45) is 11.0 Å². The standard InChI is InChI=1S/C20H23N3O4S/c1-15-2-8-19(9-3-15)28(26,27)23-12-10-17(11-13-23)20(25)22-21-14-16-4-6-18(24)7-5-16/h2-9,14,17,24H,10-13H2,1H3,(H,22,25)/b21-14+. The molecule has 3 rings (SSSR count). The first-order valence-electron chi connectivity index (χ1n) is 9.05. The lowest BCUT2D eigenvalue weighted by atomic mass is 9.98. The third kappa shape index (κ3) is 4.76. The zero-order chi connectivity index (χ0) is 20.1. The zero-order valence-electron chi connectivity index (χ0n) is 15.6. The molecule has 1 aliphatic heterocycles. The maximum atomic E-state index is 12.7. The molecule has 0 aromatic heterocycles. The first kappa shape index (κ1) is 20.0. The van der Waals surface area contributed by atoms with Gasteiger partial charge in [0.15, 0.2) is 0 Å². The molecule has 7 nitrogen and oxygen atoms in total. The van der Waals surface area contributed by atoms with Gasteiger partial charge in [0.05, 0.1) is 11.1 Å². The highest BCUT2D eigenvalue weighted by Crippen LogP contribution is 2.24. The Bertz CT molecular complexity index is 946. The first-order chi connectivity index (χ1) is 13.4. The minimum absolute atomic E-state index is 0.161. The Morgan fingerprint density at radius 1 is 1.11 bits per heavy atom. The predicted molar refractivity (Wildman–Crippen MR) is 107 cm³/mol. The van der Waals surface area contributed by atoms with E-state index >= 15 is 0 Å². The topological polar surface area (TPSA) is 99.1 Å². The van der Waals surface area contributed by atoms with Crippen LogP contribution < -0.4 is 5.43 Å². The van der Waals surface area contributed by atoms with E-state index in [1.165, 1.54) is 22.7 Å². The molecule has 0 spiro atoms. The minimum Gasteiger partial charge on any atom is -0.508 e. The van der Waals surface area contributed by atoms with E-state index in [9.17, 15) is 18.3 Å². The number of carbonyl (C=O) groups is 1. The molecule has 2 aromatic rings. The summed E-state index contributed by atoms with van der Waals surface area (Å²) in [6, 6.07) is 13.2. The van der Waals surface area contributed by atoms with Crippen LogP contribution in [0.1, 0.15) is 24.0 Å². The van der Waals surface area contributed by atoms with E-state index in [4.69, 9.17) is 0 Å². The Kier molecular flexibility index (Phi) is 6.11. The number of rotatable bonds is 5. The third-order valence-corrected chi connectivity index (χ3v) is 6.68. The number of sulfonamides is 1. The van der Waals surface area contributed by atoms with Gasteiger partial charge >= 0.3 is 0 Å². The van der Waals surface area contributed by atoms with Gasteiger partial charge in [0.25, 0.3) is 0 Å². The first-order valence-corrected chi connectivity index (χ1v) is 10.5. The van der Waals surface area contributed by atoms with Crippen LogP contribution in [0, 0.1) is 12.8 Å². The number of benzene rings is 2. The number of amides is 1. The third-order valence-electron chi connectivity index (χ3n) is 4.76. The van der Waals surface area contributed by atoms with Crippen molar-refractivity contribution < 1.29 is 18.3 Å². The summed E-state index contributed by atoms with van der Waals surface area (Å²) in [6.45, 7) is 2.51. The lowest BCUT2D eigenvalue weighted by Gasteiger charge is -2.30. The molecular weight excluding hydrogens is 378 g/mol. The Balaban J connectivity index is 1.53. The molecular formula is C20H23N3O4S. The average molecular weight is 401 g/mol. The highest BCUT2D eigenvalue weighted by molar-refractivity contribution is 7.89. The second-order valence-electron chi connectivity index (χ2n) is 6.82. The van der Waals surface area contributed by atoms with Gasteiger partial charge in [-0.3, -0.25) is 4.79 Å². The summed E-state index contributed by atoms with van der Waals surface area (Å²) in [5.41, 5.74) is 4.26. The largest absolute Gasteiger partial charge is 0.508 e. The number of hydrogen-bond donors (Lipinski definition) is 2. The van der Waals surface area contributed by atoms with E-state index < -0.39 is 10.0 Å². The lowest BCUT2D eigenvalue weighted by Crippen LogP contribution is -2.42. The number of phenols is 1. The van der Waals surface area contributed by atoms with Crippen LogP contribution in [0.3, 0.4) is 0 Å². The fraction of sp³-hybridized carbons (Fsp3) is 0.300. The van der Waals surface area contributed by atoms with Gasteiger partial charge in [-0.15, -0.1) is 0 Å². The summed E-state index contributed by atoms with van der Waals surface area (Å²) in [4.78, 5) is 12.6. The summed E-state index contributed by atoms with van der Waals surface area (Å²) in [5, 5.41) is 13.2. The molecule has 0 aliphatic carbocycles. The van der Waals surface area contributed by atoms with Crippen LogP contribution in [0.15, 0.2) is 58.5 Å². The Morgan fingerprint density at radius 2 is 1.71 bits per heavy atom. The number of aryl methyl sites for hydroxylation is 1. The predicted octanol–water partition coefficient (Wildman–Crippen LogP) is 2.25. The van der Waals surface area contributed by atoms with Gasteiger partial charge in [0, 0.05) is 19.0 Å². The van der Waals surface area contributed by atoms with Gasteiger partial charge < -0.3 is 5.11 Å². The van der Waals surface area contributed by atoms with Crippen molar-refractivity contribution in [3.63, 3.8) is 0 Å². The maximum absolute atomic E-state index is 12.7. The Labute approximate surface area is 164 Å². The number of phenolic OH excluding ortho intramolecular Hbond substituents is 1. The summed E-state index contributed by atoms with van der Waals surface area (Å²) >= 11 is 0. The van der Waals surface area contributed by atoms with Crippen LogP contribution >= 0.6 is 0 Å². The molecule has 1 saturated heterocycles. The second kappa shape index (κ2) is 8.53. The van der Waals surface area contributed by atoms with Crippen molar-refractivity contribution >= 4 is 22.1 Å². The number of aromatic hydroxyl groups is 1. The molecule has 0 atom stereocenters. The number of piperidine rings is 1. The number of nitrogens with zero attached hydrogens (tertiary/aromatic N) is 2. The second-order valence-corrected chi connectivity index (χ2v) is 8.76. The van der Waals surface area contributed by atoms with E-state index in [1.54, 1.807) is 36.4 Å². The summed E-state index contributed by atoms with van der Waals surface area (Å²) in [6.07, 6.45) is 2.39. The van der Waals surface area contributed by atoms with Crippen LogP contribution in [0.2, 0.25) is 0 Å². The van der Waals surface area contributed by atoms with Gasteiger partial charge in [-0.1, -0.05) is 17.7 Å². The Morgan fingerprint density at radius 3 is 2.32 bits per heavy atom. The van der Waals surface area contributed by atoms with Crippen molar-refractivity contribution in [3.8, 4) is 5.75 Å². The monoisotopic (exact) mass is 401 g/mol. The van der Waals surface area contributed by atoms with Gasteiger partial charge in [0.1, 0.15) is 5.75 Å². The van der Waals surface area contributed by atoms with E-state index in [1.807, 2.05) is 6.92 Å². The van der Waals surface area contributed by atoms with Crippen molar-refractivity contribution in [3.05, 3.63) is 59.7 Å². The SMILES string of the molecule is Cc1ccc(S(=O)(=O)N2CCC(C(=O)N/N=C/c3ccc(O)cc3)CC2)cc1. The number of hydrogen-bond acceptors (Lipinski definition) is 5. The summed E-state index contributed by atoms with van der Waals surface area (Å²) < 4.78 is 26.9. The fourth-order valence-corrected chi connectivity index (χ4v) is 4.51. The maximum Gasteiger partial charge on any atom is 0.243 e. The molecule has 0 unspecified atom stereocenters. The molecule has 28 heavy (non-hydrogen) atoms. The molecule has 0 radical (unpaired) electrons. The van der Waals surface area contributed by atoms with Crippen molar-refractivity contribution in [1.82, 2.24) is 9.73 Å². The molecule has 1 heterocycles.